The molecule has 3 aliphatic heterocycles. The number of phenols is 1. The van der Waals surface area contributed by atoms with Crippen molar-refractivity contribution < 1.29 is 19.4 Å². The van der Waals surface area contributed by atoms with Crippen molar-refractivity contribution in [3.63, 3.8) is 0 Å². The van der Waals surface area contributed by atoms with Crippen molar-refractivity contribution in [1.82, 2.24) is 15.1 Å². The molecule has 0 spiro atoms. The first-order valence-electron chi connectivity index (χ1n) is 11.2. The number of benzene rings is 1. The van der Waals surface area contributed by atoms with Crippen LogP contribution in [0.25, 0.3) is 0 Å². The molecule has 3 aliphatic rings. The summed E-state index contributed by atoms with van der Waals surface area (Å²) in [5.74, 6) is 0.398. The zero-order chi connectivity index (χ0) is 21.1. The van der Waals surface area contributed by atoms with Crippen LogP contribution in [0.4, 0.5) is 0 Å². The fourth-order valence-electron chi connectivity index (χ4n) is 4.89. The highest BCUT2D eigenvalue weighted by molar-refractivity contribution is 5.95. The molecule has 3 fully saturated rings. The van der Waals surface area contributed by atoms with E-state index in [9.17, 15) is 14.7 Å². The highest BCUT2D eigenvalue weighted by atomic mass is 16.5. The lowest BCUT2D eigenvalue weighted by molar-refractivity contribution is -0.128. The average Bonchev–Trinajstić information content (AvgIpc) is 3.07. The first kappa shape index (κ1) is 21.1. The van der Waals surface area contributed by atoms with E-state index < -0.39 is 0 Å². The molecule has 0 saturated carbocycles. The van der Waals surface area contributed by atoms with Gasteiger partial charge in [0.25, 0.3) is 5.91 Å². The molecule has 0 aliphatic carbocycles. The quantitative estimate of drug-likeness (QED) is 0.770. The molecule has 1 atom stereocenters. The third kappa shape index (κ3) is 4.95. The number of rotatable bonds is 5. The first-order chi connectivity index (χ1) is 14.5. The number of likely N-dealkylation sites (tertiary alicyclic amines) is 2. The number of amides is 2. The van der Waals surface area contributed by atoms with Gasteiger partial charge in [0.15, 0.2) is 0 Å². The second-order valence-electron chi connectivity index (χ2n) is 9.05. The van der Waals surface area contributed by atoms with Crippen LogP contribution in [0.5, 0.6) is 5.75 Å². The summed E-state index contributed by atoms with van der Waals surface area (Å²) in [4.78, 5) is 29.0. The van der Waals surface area contributed by atoms with E-state index >= 15 is 0 Å². The van der Waals surface area contributed by atoms with Gasteiger partial charge in [-0.1, -0.05) is 13.0 Å². The largest absolute Gasteiger partial charge is 0.508 e. The van der Waals surface area contributed by atoms with E-state index in [4.69, 9.17) is 4.74 Å². The average molecular weight is 416 g/mol. The van der Waals surface area contributed by atoms with Crippen LogP contribution in [0.15, 0.2) is 18.2 Å². The first-order valence-corrected chi connectivity index (χ1v) is 11.2. The topological polar surface area (TPSA) is 82.1 Å². The van der Waals surface area contributed by atoms with Gasteiger partial charge in [0.1, 0.15) is 5.75 Å². The highest BCUT2D eigenvalue weighted by Crippen LogP contribution is 2.25. The summed E-state index contributed by atoms with van der Waals surface area (Å²) < 4.78 is 5.45. The zero-order valence-corrected chi connectivity index (χ0v) is 17.8. The number of nitrogens with zero attached hydrogens (tertiary/aromatic N) is 2. The van der Waals surface area contributed by atoms with Crippen molar-refractivity contribution in [2.24, 2.45) is 5.92 Å². The molecule has 0 aromatic heterocycles. The van der Waals surface area contributed by atoms with Gasteiger partial charge in [-0.15, -0.1) is 0 Å². The van der Waals surface area contributed by atoms with Crippen molar-refractivity contribution >= 4 is 11.8 Å². The monoisotopic (exact) mass is 415 g/mol. The van der Waals surface area contributed by atoms with Crippen LogP contribution in [-0.2, 0) is 16.1 Å². The number of hydrogen-bond acceptors (Lipinski definition) is 5. The van der Waals surface area contributed by atoms with Gasteiger partial charge in [-0.25, -0.2) is 0 Å². The van der Waals surface area contributed by atoms with Crippen molar-refractivity contribution in [3.05, 3.63) is 29.3 Å². The maximum atomic E-state index is 12.7. The summed E-state index contributed by atoms with van der Waals surface area (Å²) in [7, 11) is 0. The molecule has 4 rings (SSSR count). The molecule has 0 radical (unpaired) electrons. The number of ether oxygens (including phenoxy) is 1. The van der Waals surface area contributed by atoms with E-state index in [1.54, 1.807) is 17.0 Å². The molecule has 0 bridgehead atoms. The van der Waals surface area contributed by atoms with Crippen LogP contribution in [0.1, 0.15) is 54.9 Å². The maximum absolute atomic E-state index is 12.7. The van der Waals surface area contributed by atoms with Crippen LogP contribution in [0.3, 0.4) is 0 Å². The van der Waals surface area contributed by atoms with Gasteiger partial charge < -0.3 is 25.0 Å². The van der Waals surface area contributed by atoms with Gasteiger partial charge in [0, 0.05) is 69.0 Å². The molecule has 30 heavy (non-hydrogen) atoms. The van der Waals surface area contributed by atoms with Crippen molar-refractivity contribution in [3.8, 4) is 5.75 Å². The number of piperidine rings is 1. The molecule has 164 valence electrons. The third-order valence-electron chi connectivity index (χ3n) is 6.69. The van der Waals surface area contributed by atoms with Crippen LogP contribution < -0.4 is 5.32 Å². The second kappa shape index (κ2) is 9.35. The van der Waals surface area contributed by atoms with Gasteiger partial charge in [0.2, 0.25) is 5.91 Å². The van der Waals surface area contributed by atoms with Gasteiger partial charge in [-0.05, 0) is 43.7 Å². The number of carbonyl (C=O) groups excluding carboxylic acids is 2. The van der Waals surface area contributed by atoms with Gasteiger partial charge >= 0.3 is 0 Å². The Hall–Kier alpha value is -2.12. The number of nitrogens with one attached hydrogen (secondary N) is 1. The minimum atomic E-state index is -0.146. The minimum Gasteiger partial charge on any atom is -0.508 e. The van der Waals surface area contributed by atoms with E-state index in [0.717, 1.165) is 52.0 Å². The molecule has 7 heteroatoms. The smallest absolute Gasteiger partial charge is 0.251 e. The highest BCUT2D eigenvalue weighted by Gasteiger charge is 2.28. The predicted octanol–water partition coefficient (Wildman–Crippen LogP) is 2.13. The molecule has 3 saturated heterocycles. The van der Waals surface area contributed by atoms with E-state index in [1.165, 1.54) is 6.07 Å². The molecule has 7 nitrogen and oxygen atoms in total. The molecule has 1 unspecified atom stereocenters. The number of carbonyl (C=O) groups is 2. The van der Waals surface area contributed by atoms with Crippen molar-refractivity contribution in [1.29, 1.82) is 0 Å². The number of hydrogen-bond donors (Lipinski definition) is 2. The molecule has 2 amide bonds. The SMILES string of the molecule is CC1CC(=O)N(Cc2ccc(C(=O)NC3CCN(C4CCOCC4)CC3)cc2O)C1. The Kier molecular flexibility index (Phi) is 6.58. The maximum Gasteiger partial charge on any atom is 0.251 e. The zero-order valence-electron chi connectivity index (χ0n) is 17.8. The molecule has 1 aromatic carbocycles. The lowest BCUT2D eigenvalue weighted by atomic mass is 9.99. The van der Waals surface area contributed by atoms with E-state index in [1.807, 2.05) is 0 Å². The minimum absolute atomic E-state index is 0.0735. The van der Waals surface area contributed by atoms with E-state index in [2.05, 4.69) is 17.1 Å². The lowest BCUT2D eigenvalue weighted by Crippen LogP contribution is -2.49. The van der Waals surface area contributed by atoms with Crippen LogP contribution in [0.2, 0.25) is 0 Å². The van der Waals surface area contributed by atoms with E-state index in [-0.39, 0.29) is 23.6 Å². The molecule has 3 heterocycles. The number of aromatic hydroxyl groups is 1. The summed E-state index contributed by atoms with van der Waals surface area (Å²) in [5.41, 5.74) is 1.14. The Labute approximate surface area is 178 Å². The number of phenolic OH excluding ortho intramolecular Hbond substituents is 1. The summed E-state index contributed by atoms with van der Waals surface area (Å²) >= 11 is 0. The Bertz CT molecular complexity index is 770. The fraction of sp³-hybridized carbons (Fsp3) is 0.652. The summed E-state index contributed by atoms with van der Waals surface area (Å²) in [6.07, 6.45) is 4.66. The second-order valence-corrected chi connectivity index (χ2v) is 9.05. The lowest BCUT2D eigenvalue weighted by Gasteiger charge is -2.39. The van der Waals surface area contributed by atoms with Crippen LogP contribution in [-0.4, -0.2) is 71.7 Å². The molecule has 1 aromatic rings. The summed E-state index contributed by atoms with van der Waals surface area (Å²) in [6.45, 7) is 6.87. The summed E-state index contributed by atoms with van der Waals surface area (Å²) in [5, 5.41) is 13.5. The Morgan fingerprint density at radius 1 is 1.20 bits per heavy atom. The molecular weight excluding hydrogens is 382 g/mol. The Morgan fingerprint density at radius 2 is 1.93 bits per heavy atom. The van der Waals surface area contributed by atoms with Gasteiger partial charge in [-0.2, -0.15) is 0 Å². The summed E-state index contributed by atoms with van der Waals surface area (Å²) in [6, 6.07) is 5.80. The van der Waals surface area contributed by atoms with Crippen molar-refractivity contribution in [2.45, 2.75) is 57.7 Å². The van der Waals surface area contributed by atoms with Gasteiger partial charge in [-0.3, -0.25) is 9.59 Å². The Morgan fingerprint density at radius 3 is 2.57 bits per heavy atom. The van der Waals surface area contributed by atoms with Crippen molar-refractivity contribution in [2.75, 3.05) is 32.8 Å². The predicted molar refractivity (Wildman–Crippen MR) is 113 cm³/mol. The standard InChI is InChI=1S/C23H33N3O4/c1-16-12-22(28)26(14-16)15-18-3-2-17(13-21(18)27)23(29)24-19-4-8-25(9-5-19)20-6-10-30-11-7-20/h2-3,13,16,19-20,27H,4-12,14-15H2,1H3,(H,24,29). The van der Waals surface area contributed by atoms with E-state index in [0.29, 0.717) is 42.6 Å². The normalized spacial score (nSPS) is 24.4. The molecule has 2 N–H and O–H groups in total. The molecular formula is C23H33N3O4. The van der Waals surface area contributed by atoms with Crippen LogP contribution >= 0.6 is 0 Å². The fourth-order valence-corrected chi connectivity index (χ4v) is 4.89. The van der Waals surface area contributed by atoms with Crippen LogP contribution in [0, 0.1) is 5.92 Å². The van der Waals surface area contributed by atoms with Gasteiger partial charge in [0.05, 0.1) is 0 Å². The third-order valence-corrected chi connectivity index (χ3v) is 6.69. The Balaban J connectivity index is 1.28.